The van der Waals surface area contributed by atoms with E-state index in [1.165, 1.54) is 128 Å². The summed E-state index contributed by atoms with van der Waals surface area (Å²) in [5, 5.41) is 0.691. The Hall–Kier alpha value is -3.06. The molecular formula is C53H83BrO6. The molecule has 0 bridgehead atoms. The van der Waals surface area contributed by atoms with Gasteiger partial charge in [0.15, 0.2) is 0 Å². The molecule has 0 amide bonds. The second kappa shape index (κ2) is 34.5. The van der Waals surface area contributed by atoms with Crippen LogP contribution in [0.2, 0.25) is 0 Å². The minimum Gasteiger partial charge on any atom is -0.493 e. The highest BCUT2D eigenvalue weighted by Gasteiger charge is 2.10. The molecule has 0 aliphatic carbocycles. The summed E-state index contributed by atoms with van der Waals surface area (Å²) in [5.41, 5.74) is 3.12. The fourth-order valence-corrected chi connectivity index (χ4v) is 7.58. The average molecular weight is 896 g/mol. The van der Waals surface area contributed by atoms with E-state index in [9.17, 15) is 0 Å². The van der Waals surface area contributed by atoms with E-state index in [4.69, 9.17) is 28.4 Å². The second-order valence-electron chi connectivity index (χ2n) is 16.6. The number of halogens is 1. The molecule has 0 radical (unpaired) electrons. The van der Waals surface area contributed by atoms with Crippen molar-refractivity contribution in [3.63, 3.8) is 0 Å². The number of benzene rings is 3. The van der Waals surface area contributed by atoms with E-state index in [-0.39, 0.29) is 0 Å². The van der Waals surface area contributed by atoms with Crippen molar-refractivity contribution in [1.82, 2.24) is 0 Å². The highest BCUT2D eigenvalue weighted by molar-refractivity contribution is 9.08. The maximum atomic E-state index is 6.46. The summed E-state index contributed by atoms with van der Waals surface area (Å²) in [7, 11) is 0. The van der Waals surface area contributed by atoms with Gasteiger partial charge in [-0.2, -0.15) is 0 Å². The van der Waals surface area contributed by atoms with Crippen LogP contribution in [0.1, 0.15) is 198 Å². The standard InChI is InChI=1S/C53H83BrO6/c1-5-9-13-17-21-25-29-55-48-35-46(36-49(39-48)56-30-26-22-18-14-10-6-2)43-59-52-33-45(42-54)34-53(41-52)60-44-47-37-50(57-31-27-23-19-15-11-7-3)40-51(38-47)58-32-28-24-20-16-12-8-4/h33-41H,5-32,42-44H2,1-4H3. The Bertz CT molecular complexity index is 1320. The second-order valence-corrected chi connectivity index (χ2v) is 17.2. The maximum absolute atomic E-state index is 6.46. The molecule has 6 nitrogen and oxygen atoms in total. The summed E-state index contributed by atoms with van der Waals surface area (Å²) in [5.74, 6) is 4.88. The lowest BCUT2D eigenvalue weighted by Crippen LogP contribution is -2.04. The first kappa shape index (κ1) is 51.3. The Morgan fingerprint density at radius 2 is 0.517 bits per heavy atom. The Morgan fingerprint density at radius 1 is 0.283 bits per heavy atom. The van der Waals surface area contributed by atoms with Gasteiger partial charge >= 0.3 is 0 Å². The van der Waals surface area contributed by atoms with Crippen LogP contribution in [0.5, 0.6) is 34.5 Å². The van der Waals surface area contributed by atoms with E-state index in [1.807, 2.05) is 18.2 Å². The van der Waals surface area contributed by atoms with Crippen LogP contribution >= 0.6 is 15.9 Å². The first-order chi connectivity index (χ1) is 29.6. The van der Waals surface area contributed by atoms with Gasteiger partial charge in [0, 0.05) is 23.5 Å². The van der Waals surface area contributed by atoms with Crippen molar-refractivity contribution in [2.75, 3.05) is 26.4 Å². The van der Waals surface area contributed by atoms with Gasteiger partial charge in [0.05, 0.1) is 26.4 Å². The Balaban J connectivity index is 1.66. The maximum Gasteiger partial charge on any atom is 0.123 e. The van der Waals surface area contributed by atoms with Crippen LogP contribution in [0.3, 0.4) is 0 Å². The molecule has 3 rings (SSSR count). The minimum atomic E-state index is 0.393. The molecule has 0 atom stereocenters. The molecule has 0 fully saturated rings. The quantitative estimate of drug-likeness (QED) is 0.0420. The lowest BCUT2D eigenvalue weighted by Gasteiger charge is -2.15. The highest BCUT2D eigenvalue weighted by Crippen LogP contribution is 2.30. The van der Waals surface area contributed by atoms with Crippen molar-refractivity contribution in [1.29, 1.82) is 0 Å². The van der Waals surface area contributed by atoms with E-state index in [0.29, 0.717) is 45.0 Å². The number of rotatable bonds is 39. The van der Waals surface area contributed by atoms with Gasteiger partial charge in [-0.15, -0.1) is 0 Å². The molecule has 3 aromatic carbocycles. The van der Waals surface area contributed by atoms with Gasteiger partial charge in [0.1, 0.15) is 47.7 Å². The first-order valence-electron chi connectivity index (χ1n) is 24.3. The molecule has 0 heterocycles. The summed E-state index contributed by atoms with van der Waals surface area (Å²) < 4.78 is 38.0. The third-order valence-corrected chi connectivity index (χ3v) is 11.5. The molecule has 7 heteroatoms. The SMILES string of the molecule is CCCCCCCCOc1cc(COc2cc(CBr)cc(OCc3cc(OCCCCCCCC)cc(OCCCCCCCC)c3)c2)cc(OCCCCCCCC)c1. The van der Waals surface area contributed by atoms with Crippen LogP contribution in [-0.4, -0.2) is 26.4 Å². The monoisotopic (exact) mass is 895 g/mol. The van der Waals surface area contributed by atoms with Crippen LogP contribution < -0.4 is 28.4 Å². The molecular weight excluding hydrogens is 812 g/mol. The van der Waals surface area contributed by atoms with Gasteiger partial charge < -0.3 is 28.4 Å². The highest BCUT2D eigenvalue weighted by atomic mass is 79.9. The normalized spacial score (nSPS) is 11.2. The minimum absolute atomic E-state index is 0.393. The van der Waals surface area contributed by atoms with Crippen molar-refractivity contribution in [3.05, 3.63) is 71.3 Å². The van der Waals surface area contributed by atoms with Gasteiger partial charge in [-0.05, 0) is 78.8 Å². The number of unbranched alkanes of at least 4 members (excludes halogenated alkanes) is 20. The largest absolute Gasteiger partial charge is 0.493 e. The van der Waals surface area contributed by atoms with E-state index in [2.05, 4.69) is 80.0 Å². The average Bonchev–Trinajstić information content (AvgIpc) is 3.26. The molecule has 0 spiro atoms. The topological polar surface area (TPSA) is 55.4 Å². The molecule has 0 aliphatic heterocycles. The number of hydrogen-bond donors (Lipinski definition) is 0. The van der Waals surface area contributed by atoms with E-state index in [0.717, 1.165) is 76.9 Å². The van der Waals surface area contributed by atoms with E-state index >= 15 is 0 Å². The summed E-state index contributed by atoms with van der Waals surface area (Å²) in [6, 6.07) is 18.6. The van der Waals surface area contributed by atoms with E-state index < -0.39 is 0 Å². The van der Waals surface area contributed by atoms with Crippen molar-refractivity contribution in [2.45, 2.75) is 200 Å². The van der Waals surface area contributed by atoms with Gasteiger partial charge in [-0.25, -0.2) is 0 Å². The van der Waals surface area contributed by atoms with Gasteiger partial charge in [-0.3, -0.25) is 0 Å². The predicted octanol–water partition coefficient (Wildman–Crippen LogP) is 16.7. The van der Waals surface area contributed by atoms with Crippen molar-refractivity contribution in [3.8, 4) is 34.5 Å². The number of ether oxygens (including phenoxy) is 6. The summed E-state index contributed by atoms with van der Waals surface area (Å²) >= 11 is 3.67. The van der Waals surface area contributed by atoms with Gasteiger partial charge in [-0.1, -0.05) is 172 Å². The fourth-order valence-electron chi connectivity index (χ4n) is 7.26. The Kier molecular flexibility index (Phi) is 29.5. The van der Waals surface area contributed by atoms with Gasteiger partial charge in [0.2, 0.25) is 0 Å². The van der Waals surface area contributed by atoms with Crippen molar-refractivity contribution in [2.24, 2.45) is 0 Å². The predicted molar refractivity (Wildman–Crippen MR) is 256 cm³/mol. The zero-order valence-electron chi connectivity index (χ0n) is 38.4. The number of hydrogen-bond acceptors (Lipinski definition) is 6. The number of alkyl halides is 1. The zero-order chi connectivity index (χ0) is 42.7. The van der Waals surface area contributed by atoms with Crippen LogP contribution in [0.15, 0.2) is 54.6 Å². The zero-order valence-corrected chi connectivity index (χ0v) is 40.0. The van der Waals surface area contributed by atoms with Crippen LogP contribution in [0, 0.1) is 0 Å². The summed E-state index contributed by atoms with van der Waals surface area (Å²) in [6.07, 6.45) is 29.6. The Morgan fingerprint density at radius 3 is 0.783 bits per heavy atom. The Labute approximate surface area is 375 Å². The van der Waals surface area contributed by atoms with Gasteiger partial charge in [0.25, 0.3) is 0 Å². The lowest BCUT2D eigenvalue weighted by atomic mass is 10.1. The first-order valence-corrected chi connectivity index (χ1v) is 25.4. The molecule has 0 saturated heterocycles. The third kappa shape index (κ3) is 24.4. The van der Waals surface area contributed by atoms with Crippen LogP contribution in [0.25, 0.3) is 0 Å². The van der Waals surface area contributed by atoms with Crippen LogP contribution in [0.4, 0.5) is 0 Å². The molecule has 3 aromatic rings. The fraction of sp³-hybridized carbons (Fsp3) is 0.660. The molecule has 0 aromatic heterocycles. The molecule has 0 unspecified atom stereocenters. The molecule has 0 saturated carbocycles. The summed E-state index contributed by atoms with van der Waals surface area (Å²) in [4.78, 5) is 0. The third-order valence-electron chi connectivity index (χ3n) is 10.9. The molecule has 60 heavy (non-hydrogen) atoms. The smallest absolute Gasteiger partial charge is 0.123 e. The molecule has 338 valence electrons. The lowest BCUT2D eigenvalue weighted by molar-refractivity contribution is 0.276. The van der Waals surface area contributed by atoms with Crippen molar-refractivity contribution >= 4 is 15.9 Å². The van der Waals surface area contributed by atoms with Crippen molar-refractivity contribution < 1.29 is 28.4 Å². The van der Waals surface area contributed by atoms with Crippen LogP contribution in [-0.2, 0) is 18.5 Å². The molecule has 0 N–H and O–H groups in total. The van der Waals surface area contributed by atoms with E-state index in [1.54, 1.807) is 0 Å². The summed E-state index contributed by atoms with van der Waals surface area (Å²) in [6.45, 7) is 12.7. The molecule has 0 aliphatic rings.